The lowest BCUT2D eigenvalue weighted by atomic mass is 10.0. The van der Waals surface area contributed by atoms with E-state index in [0.29, 0.717) is 12.2 Å². The van der Waals surface area contributed by atoms with E-state index >= 15 is 0 Å². The molecule has 0 spiro atoms. The molecule has 0 aromatic heterocycles. The minimum absolute atomic E-state index is 0.313. The average Bonchev–Trinajstić information content (AvgIpc) is 2.84. The molecular formula is C32H62O3. The van der Waals surface area contributed by atoms with E-state index < -0.39 is 5.97 Å². The van der Waals surface area contributed by atoms with Crippen molar-refractivity contribution in [2.75, 3.05) is 0 Å². The van der Waals surface area contributed by atoms with Crippen LogP contribution >= 0.6 is 0 Å². The summed E-state index contributed by atoms with van der Waals surface area (Å²) in [6, 6.07) is 0. The zero-order chi connectivity index (χ0) is 25.7. The predicted octanol–water partition coefficient (Wildman–Crippen LogP) is 11.0. The number of unbranched alkanes of at least 4 members (excludes halogenated alkanes) is 24. The maximum Gasteiger partial charge on any atom is 0.303 e. The molecule has 35 heavy (non-hydrogen) atoms. The fraction of sp³-hybridized carbons (Fsp3) is 0.938. The van der Waals surface area contributed by atoms with Crippen LogP contribution in [-0.4, -0.2) is 16.9 Å². The number of ketones is 1. The number of carbonyl (C=O) groups excluding carboxylic acids is 1. The van der Waals surface area contributed by atoms with Crippen molar-refractivity contribution < 1.29 is 14.7 Å². The smallest absolute Gasteiger partial charge is 0.303 e. The Morgan fingerprint density at radius 1 is 0.371 bits per heavy atom. The number of carboxylic acid groups (broad SMARTS) is 1. The fourth-order valence-electron chi connectivity index (χ4n) is 5.01. The third-order valence-corrected chi connectivity index (χ3v) is 7.41. The number of Topliss-reactive ketones (excluding diaryl/α,β-unsaturated/α-hetero) is 1. The number of hydrogen-bond acceptors (Lipinski definition) is 2. The van der Waals surface area contributed by atoms with Crippen LogP contribution in [0.4, 0.5) is 0 Å². The molecule has 0 aromatic rings. The molecule has 1 N–H and O–H groups in total. The van der Waals surface area contributed by atoms with Gasteiger partial charge in [-0.1, -0.05) is 155 Å². The van der Waals surface area contributed by atoms with E-state index in [1.807, 2.05) is 0 Å². The van der Waals surface area contributed by atoms with Crippen molar-refractivity contribution in [2.45, 2.75) is 193 Å². The molecule has 208 valence electrons. The highest BCUT2D eigenvalue weighted by Crippen LogP contribution is 2.15. The fourth-order valence-corrected chi connectivity index (χ4v) is 5.01. The van der Waals surface area contributed by atoms with Crippen LogP contribution in [0.2, 0.25) is 0 Å². The average molecular weight is 495 g/mol. The Kier molecular flexibility index (Phi) is 28.6. The van der Waals surface area contributed by atoms with Crippen molar-refractivity contribution in [1.82, 2.24) is 0 Å². The van der Waals surface area contributed by atoms with Crippen molar-refractivity contribution in [2.24, 2.45) is 0 Å². The quantitative estimate of drug-likeness (QED) is 0.101. The Labute approximate surface area is 219 Å². The van der Waals surface area contributed by atoms with E-state index in [4.69, 9.17) is 5.11 Å². The molecule has 0 aliphatic heterocycles. The van der Waals surface area contributed by atoms with Gasteiger partial charge in [-0.25, -0.2) is 0 Å². The van der Waals surface area contributed by atoms with Crippen LogP contribution in [0.15, 0.2) is 0 Å². The Morgan fingerprint density at radius 2 is 0.600 bits per heavy atom. The van der Waals surface area contributed by atoms with Crippen LogP contribution in [0.5, 0.6) is 0 Å². The maximum atomic E-state index is 12.0. The molecule has 0 saturated heterocycles. The molecule has 0 saturated carbocycles. The van der Waals surface area contributed by atoms with Gasteiger partial charge in [-0.2, -0.15) is 0 Å². The zero-order valence-electron chi connectivity index (χ0n) is 23.8. The van der Waals surface area contributed by atoms with Gasteiger partial charge in [0.1, 0.15) is 5.78 Å². The molecule has 0 aliphatic rings. The highest BCUT2D eigenvalue weighted by atomic mass is 16.4. The number of rotatable bonds is 30. The molecule has 0 radical (unpaired) electrons. The number of hydrogen-bond donors (Lipinski definition) is 1. The lowest BCUT2D eigenvalue weighted by molar-refractivity contribution is -0.137. The van der Waals surface area contributed by atoms with Crippen LogP contribution < -0.4 is 0 Å². The summed E-state index contributed by atoms with van der Waals surface area (Å²) in [5.41, 5.74) is 0. The van der Waals surface area contributed by atoms with Crippen LogP contribution in [0, 0.1) is 0 Å². The van der Waals surface area contributed by atoms with E-state index in [1.165, 1.54) is 135 Å². The molecular weight excluding hydrogens is 432 g/mol. The van der Waals surface area contributed by atoms with Crippen LogP contribution in [-0.2, 0) is 9.59 Å². The largest absolute Gasteiger partial charge is 0.481 e. The van der Waals surface area contributed by atoms with Crippen molar-refractivity contribution in [3.05, 3.63) is 0 Å². The summed E-state index contributed by atoms with van der Waals surface area (Å²) < 4.78 is 0. The first-order valence-electron chi connectivity index (χ1n) is 15.9. The highest BCUT2D eigenvalue weighted by molar-refractivity contribution is 5.78. The summed E-state index contributed by atoms with van der Waals surface area (Å²) in [5.74, 6) is -0.200. The topological polar surface area (TPSA) is 54.4 Å². The van der Waals surface area contributed by atoms with Crippen molar-refractivity contribution in [3.63, 3.8) is 0 Å². The van der Waals surface area contributed by atoms with Crippen LogP contribution in [0.3, 0.4) is 0 Å². The molecule has 0 fully saturated rings. The van der Waals surface area contributed by atoms with Crippen molar-refractivity contribution in [3.8, 4) is 0 Å². The van der Waals surface area contributed by atoms with Crippen LogP contribution in [0.25, 0.3) is 0 Å². The van der Waals surface area contributed by atoms with E-state index in [1.54, 1.807) is 0 Å². The number of aliphatic carboxylic acids is 1. The van der Waals surface area contributed by atoms with Crippen LogP contribution in [0.1, 0.15) is 193 Å². The van der Waals surface area contributed by atoms with Gasteiger partial charge in [0.2, 0.25) is 0 Å². The number of carboxylic acids is 1. The van der Waals surface area contributed by atoms with Crippen molar-refractivity contribution >= 4 is 11.8 Å². The minimum Gasteiger partial charge on any atom is -0.481 e. The third-order valence-electron chi connectivity index (χ3n) is 7.41. The Bertz CT molecular complexity index is 446. The Morgan fingerprint density at radius 3 is 0.857 bits per heavy atom. The van der Waals surface area contributed by atoms with Gasteiger partial charge in [-0.05, 0) is 19.3 Å². The summed E-state index contributed by atoms with van der Waals surface area (Å²) in [4.78, 5) is 22.5. The van der Waals surface area contributed by atoms with E-state index in [9.17, 15) is 9.59 Å². The molecule has 3 heteroatoms. The second-order valence-electron chi connectivity index (χ2n) is 11.0. The lowest BCUT2D eigenvalue weighted by Gasteiger charge is -2.04. The second kappa shape index (κ2) is 29.4. The summed E-state index contributed by atoms with van der Waals surface area (Å²) in [6.45, 7) is 2.29. The van der Waals surface area contributed by atoms with Gasteiger partial charge in [-0.15, -0.1) is 0 Å². The molecule has 0 heterocycles. The molecule has 0 amide bonds. The SMILES string of the molecule is CCCCCCCCCCCCCCCCCCCC(=O)CCCCCCCCCCCC(=O)O. The lowest BCUT2D eigenvalue weighted by Crippen LogP contribution is -1.97. The molecule has 0 atom stereocenters. The molecule has 0 unspecified atom stereocenters. The van der Waals surface area contributed by atoms with Gasteiger partial charge in [0.25, 0.3) is 0 Å². The molecule has 0 rings (SSSR count). The highest BCUT2D eigenvalue weighted by Gasteiger charge is 2.02. The van der Waals surface area contributed by atoms with Gasteiger partial charge in [-0.3, -0.25) is 9.59 Å². The Balaban J connectivity index is 3.15. The summed E-state index contributed by atoms with van der Waals surface area (Å²) in [6.07, 6.45) is 35.6. The van der Waals surface area contributed by atoms with E-state index in [2.05, 4.69) is 6.92 Å². The zero-order valence-corrected chi connectivity index (χ0v) is 23.8. The normalized spacial score (nSPS) is 11.2. The molecule has 0 aliphatic carbocycles. The predicted molar refractivity (Wildman–Crippen MR) is 152 cm³/mol. The maximum absolute atomic E-state index is 12.0. The van der Waals surface area contributed by atoms with Gasteiger partial charge in [0.05, 0.1) is 0 Å². The van der Waals surface area contributed by atoms with E-state index in [0.717, 1.165) is 44.9 Å². The summed E-state index contributed by atoms with van der Waals surface area (Å²) in [7, 11) is 0. The first-order valence-corrected chi connectivity index (χ1v) is 15.9. The minimum atomic E-state index is -0.676. The van der Waals surface area contributed by atoms with Gasteiger partial charge >= 0.3 is 5.97 Å². The monoisotopic (exact) mass is 494 g/mol. The Hall–Kier alpha value is -0.860. The van der Waals surface area contributed by atoms with Gasteiger partial charge in [0, 0.05) is 19.3 Å². The van der Waals surface area contributed by atoms with Gasteiger partial charge < -0.3 is 5.11 Å². The summed E-state index contributed by atoms with van der Waals surface area (Å²) >= 11 is 0. The molecule has 0 aromatic carbocycles. The molecule has 0 bridgehead atoms. The summed E-state index contributed by atoms with van der Waals surface area (Å²) in [5, 5.41) is 8.61. The van der Waals surface area contributed by atoms with Gasteiger partial charge in [0.15, 0.2) is 0 Å². The first-order chi connectivity index (χ1) is 17.2. The third kappa shape index (κ3) is 31.1. The van der Waals surface area contributed by atoms with Crippen molar-refractivity contribution in [1.29, 1.82) is 0 Å². The van der Waals surface area contributed by atoms with E-state index in [-0.39, 0.29) is 0 Å². The first kappa shape index (κ1) is 34.1. The number of carbonyl (C=O) groups is 2. The molecule has 3 nitrogen and oxygen atoms in total. The second-order valence-corrected chi connectivity index (χ2v) is 11.0. The standard InChI is InChI=1S/C32H62O3/c1-2-3-4-5-6-7-8-9-10-11-12-13-14-16-19-22-25-28-31(33)29-26-23-20-17-15-18-21-24-27-30-32(34)35/h2-30H2,1H3,(H,34,35).